The molecule has 3 heterocycles. The smallest absolute Gasteiger partial charge is 0.390 e. The highest BCUT2D eigenvalue weighted by molar-refractivity contribution is 5.96. The first-order valence-corrected chi connectivity index (χ1v) is 11.9. The number of carbonyl (C=O) groups is 1. The van der Waals surface area contributed by atoms with Crippen molar-refractivity contribution in [1.29, 1.82) is 0 Å². The monoisotopic (exact) mass is 491 g/mol. The number of benzene rings is 1. The molecule has 2 atom stereocenters. The van der Waals surface area contributed by atoms with Crippen LogP contribution in [0.1, 0.15) is 33.5 Å². The molecule has 0 saturated carbocycles. The first kappa shape index (κ1) is 25.4. The number of nitrogens with one attached hydrogen (secondary N) is 2. The van der Waals surface area contributed by atoms with Gasteiger partial charge in [-0.25, -0.2) is 4.98 Å². The number of nitrogens with zero attached hydrogens (tertiary/aromatic N) is 3. The van der Waals surface area contributed by atoms with Crippen LogP contribution in [0.5, 0.6) is 0 Å². The molecule has 10 heteroatoms. The van der Waals surface area contributed by atoms with Gasteiger partial charge in [-0.2, -0.15) is 13.2 Å². The number of aliphatic hydroxyl groups is 1. The van der Waals surface area contributed by atoms with E-state index in [9.17, 15) is 23.1 Å². The summed E-state index contributed by atoms with van der Waals surface area (Å²) in [7, 11) is 0. The van der Waals surface area contributed by atoms with E-state index in [2.05, 4.69) is 32.7 Å². The molecule has 1 fully saturated rings. The molecule has 4 rings (SSSR count). The van der Waals surface area contributed by atoms with Crippen molar-refractivity contribution in [2.24, 2.45) is 0 Å². The number of alkyl halides is 3. The Bertz CT molecular complexity index is 1030. The lowest BCUT2D eigenvalue weighted by molar-refractivity contribution is -0.143. The molecule has 1 aromatic heterocycles. The van der Waals surface area contributed by atoms with Crippen molar-refractivity contribution in [2.75, 3.05) is 44.6 Å². The van der Waals surface area contributed by atoms with Gasteiger partial charge in [-0.05, 0) is 42.5 Å². The number of hydrogen-bond acceptors (Lipinski definition) is 6. The van der Waals surface area contributed by atoms with Crippen molar-refractivity contribution in [1.82, 2.24) is 20.1 Å². The third-order valence-corrected chi connectivity index (χ3v) is 6.55. The van der Waals surface area contributed by atoms with Gasteiger partial charge < -0.3 is 15.7 Å². The molecule has 1 saturated heterocycles. The van der Waals surface area contributed by atoms with Gasteiger partial charge in [0.15, 0.2) is 0 Å². The number of aryl methyl sites for hydroxylation is 1. The molecule has 2 aliphatic heterocycles. The van der Waals surface area contributed by atoms with Gasteiger partial charge in [0.05, 0.1) is 12.6 Å². The summed E-state index contributed by atoms with van der Waals surface area (Å²) < 4.78 is 37.9. The Kier molecular flexibility index (Phi) is 7.93. The molecule has 2 aliphatic rings. The second-order valence-corrected chi connectivity index (χ2v) is 9.48. The number of fused-ring (bicyclic) bond motifs is 1. The van der Waals surface area contributed by atoms with Gasteiger partial charge in [-0.3, -0.25) is 14.6 Å². The fourth-order valence-corrected chi connectivity index (χ4v) is 4.78. The van der Waals surface area contributed by atoms with Crippen molar-refractivity contribution < 1.29 is 23.1 Å². The third kappa shape index (κ3) is 7.16. The molecular weight excluding hydrogens is 459 g/mol. The van der Waals surface area contributed by atoms with E-state index in [0.29, 0.717) is 36.5 Å². The van der Waals surface area contributed by atoms with E-state index < -0.39 is 18.8 Å². The normalized spacial score (nSPS) is 19.9. The summed E-state index contributed by atoms with van der Waals surface area (Å²) in [5.41, 5.74) is 3.72. The van der Waals surface area contributed by atoms with Crippen LogP contribution in [0.4, 0.5) is 19.0 Å². The van der Waals surface area contributed by atoms with Crippen LogP contribution < -0.4 is 10.6 Å². The topological polar surface area (TPSA) is 80.7 Å². The zero-order chi connectivity index (χ0) is 25.0. The molecule has 190 valence electrons. The molecule has 0 bridgehead atoms. The Hall–Kier alpha value is -2.69. The third-order valence-electron chi connectivity index (χ3n) is 6.55. The van der Waals surface area contributed by atoms with Crippen LogP contribution in [-0.2, 0) is 13.0 Å². The van der Waals surface area contributed by atoms with Crippen LogP contribution >= 0.6 is 0 Å². The highest BCUT2D eigenvalue weighted by Gasteiger charge is 2.34. The van der Waals surface area contributed by atoms with E-state index in [1.165, 1.54) is 16.0 Å². The predicted octanol–water partition coefficient (Wildman–Crippen LogP) is 2.59. The van der Waals surface area contributed by atoms with Crippen LogP contribution in [0.15, 0.2) is 36.5 Å². The number of β-amino-alcohol motifs (C(OH)–C–C–N with tert-alkyl or cyclic N) is 1. The fourth-order valence-electron chi connectivity index (χ4n) is 4.78. The Labute approximate surface area is 203 Å². The van der Waals surface area contributed by atoms with Crippen molar-refractivity contribution in [3.8, 4) is 0 Å². The summed E-state index contributed by atoms with van der Waals surface area (Å²) in [4.78, 5) is 20.6. The lowest BCUT2D eigenvalue weighted by atomic mass is 10.00. The summed E-state index contributed by atoms with van der Waals surface area (Å²) in [5, 5.41) is 16.4. The maximum atomic E-state index is 12.8. The van der Waals surface area contributed by atoms with E-state index in [-0.39, 0.29) is 25.0 Å². The minimum Gasteiger partial charge on any atom is -0.390 e. The van der Waals surface area contributed by atoms with E-state index >= 15 is 0 Å². The van der Waals surface area contributed by atoms with Gasteiger partial charge in [0.25, 0.3) is 5.91 Å². The number of rotatable bonds is 8. The lowest BCUT2D eigenvalue weighted by Crippen LogP contribution is -2.42. The summed E-state index contributed by atoms with van der Waals surface area (Å²) in [6, 6.07) is 9.74. The molecule has 7 nitrogen and oxygen atoms in total. The van der Waals surface area contributed by atoms with Gasteiger partial charge in [-0.15, -0.1) is 0 Å². The van der Waals surface area contributed by atoms with E-state index in [4.69, 9.17) is 0 Å². The average Bonchev–Trinajstić information content (AvgIpc) is 3.23. The zero-order valence-electron chi connectivity index (χ0n) is 19.8. The number of halogens is 3. The van der Waals surface area contributed by atoms with Crippen molar-refractivity contribution >= 4 is 11.7 Å². The highest BCUT2D eigenvalue weighted by Crippen LogP contribution is 2.22. The number of aliphatic hydroxyl groups excluding tert-OH is 1. The van der Waals surface area contributed by atoms with Gasteiger partial charge in [0.2, 0.25) is 0 Å². The molecule has 35 heavy (non-hydrogen) atoms. The van der Waals surface area contributed by atoms with Crippen LogP contribution in [-0.4, -0.2) is 83.4 Å². The number of pyridine rings is 1. The summed E-state index contributed by atoms with van der Waals surface area (Å²) >= 11 is 0. The molecule has 3 N–H and O–H groups in total. The quantitative estimate of drug-likeness (QED) is 0.527. The Balaban J connectivity index is 1.26. The summed E-state index contributed by atoms with van der Waals surface area (Å²) in [6.45, 7) is 3.70. The predicted molar refractivity (Wildman–Crippen MR) is 127 cm³/mol. The first-order valence-electron chi connectivity index (χ1n) is 11.9. The van der Waals surface area contributed by atoms with Crippen molar-refractivity contribution in [2.45, 2.75) is 44.6 Å². The van der Waals surface area contributed by atoms with Crippen LogP contribution in [0.3, 0.4) is 0 Å². The van der Waals surface area contributed by atoms with Crippen LogP contribution in [0, 0.1) is 6.92 Å². The molecule has 0 radical (unpaired) electrons. The Morgan fingerprint density at radius 2 is 2.00 bits per heavy atom. The maximum Gasteiger partial charge on any atom is 0.401 e. The number of aromatic nitrogens is 1. The number of carbonyl (C=O) groups excluding carboxylic acids is 1. The second-order valence-electron chi connectivity index (χ2n) is 9.48. The molecule has 1 amide bonds. The number of hydrogen-bond donors (Lipinski definition) is 3. The minimum absolute atomic E-state index is 0.122. The van der Waals surface area contributed by atoms with Crippen molar-refractivity contribution in [3.63, 3.8) is 0 Å². The number of amides is 1. The van der Waals surface area contributed by atoms with E-state index in [1.54, 1.807) is 19.2 Å². The molecule has 1 aromatic carbocycles. The van der Waals surface area contributed by atoms with Crippen LogP contribution in [0.2, 0.25) is 0 Å². The number of likely N-dealkylation sites (tertiary alicyclic amines) is 1. The maximum absolute atomic E-state index is 12.8. The lowest BCUT2D eigenvalue weighted by Gasteiger charge is -2.30. The zero-order valence-corrected chi connectivity index (χ0v) is 19.8. The number of anilines is 1. The van der Waals surface area contributed by atoms with Crippen molar-refractivity contribution in [3.05, 3.63) is 58.8 Å². The summed E-state index contributed by atoms with van der Waals surface area (Å²) in [6.07, 6.45) is -1.84. The fraction of sp³-hybridized carbons (Fsp3) is 0.520. The van der Waals surface area contributed by atoms with Gasteiger partial charge in [0.1, 0.15) is 5.82 Å². The van der Waals surface area contributed by atoms with Gasteiger partial charge in [0, 0.05) is 57.1 Å². The molecule has 0 aliphatic carbocycles. The van der Waals surface area contributed by atoms with E-state index in [0.717, 1.165) is 19.5 Å². The highest BCUT2D eigenvalue weighted by atomic mass is 19.4. The van der Waals surface area contributed by atoms with Gasteiger partial charge in [-0.1, -0.05) is 24.3 Å². The molecule has 2 aromatic rings. The van der Waals surface area contributed by atoms with Gasteiger partial charge >= 0.3 is 6.18 Å². The Morgan fingerprint density at radius 1 is 1.23 bits per heavy atom. The second kappa shape index (κ2) is 10.9. The largest absolute Gasteiger partial charge is 0.401 e. The SMILES string of the molecule is Cc1cnc(NC2CCN(CC(F)(F)F)C2)cc1C(=O)NC[C@H](O)CN1CCc2ccccc2C1. The first-order chi connectivity index (χ1) is 16.7. The minimum atomic E-state index is -4.22. The molecule has 0 spiro atoms. The Morgan fingerprint density at radius 3 is 2.77 bits per heavy atom. The molecule has 1 unspecified atom stereocenters. The van der Waals surface area contributed by atoms with E-state index in [1.807, 2.05) is 12.1 Å². The molecular formula is C25H32F3N5O2. The van der Waals surface area contributed by atoms with Crippen LogP contribution in [0.25, 0.3) is 0 Å². The average molecular weight is 492 g/mol. The standard InChI is InChI=1S/C25H32F3N5O2/c1-17-11-29-23(31-20-7-9-33(14-20)16-25(26,27)28)10-22(17)24(35)30-12-21(34)15-32-8-6-18-4-2-3-5-19(18)13-32/h2-5,10-11,20-21,34H,6-9,12-16H2,1H3,(H,29,31)(H,30,35)/t20?,21-/m0/s1. The summed E-state index contributed by atoms with van der Waals surface area (Å²) in [5.74, 6) is 0.133.